The predicted octanol–water partition coefficient (Wildman–Crippen LogP) is 2.36. The second-order valence-electron chi connectivity index (χ2n) is 5.97. The summed E-state index contributed by atoms with van der Waals surface area (Å²) in [6.45, 7) is 10.7. The standard InChI is InChI=1S/C14H24N2O3S2/c1-8(2)11(9(3)4)6-16-13(17)12-7-20-14(10(12)5)21(15,18)19/h7-9,11H,6H2,1-5H3,(H,16,17)(H2,15,18,19). The molecule has 1 aromatic heterocycles. The zero-order valence-electron chi connectivity index (χ0n) is 13.1. The van der Waals surface area contributed by atoms with E-state index in [0.717, 1.165) is 11.3 Å². The molecule has 1 amide bonds. The summed E-state index contributed by atoms with van der Waals surface area (Å²) in [7, 11) is -3.77. The van der Waals surface area contributed by atoms with Crippen LogP contribution >= 0.6 is 11.3 Å². The molecule has 1 heterocycles. The van der Waals surface area contributed by atoms with Crippen molar-refractivity contribution in [2.75, 3.05) is 6.54 Å². The van der Waals surface area contributed by atoms with Gasteiger partial charge in [-0.25, -0.2) is 13.6 Å². The van der Waals surface area contributed by atoms with Crippen molar-refractivity contribution >= 4 is 27.3 Å². The van der Waals surface area contributed by atoms with Gasteiger partial charge in [-0.15, -0.1) is 11.3 Å². The number of nitrogens with one attached hydrogen (secondary N) is 1. The van der Waals surface area contributed by atoms with Gasteiger partial charge >= 0.3 is 0 Å². The number of hydrogen-bond donors (Lipinski definition) is 2. The van der Waals surface area contributed by atoms with Gasteiger partial charge in [0.05, 0.1) is 5.56 Å². The fourth-order valence-corrected chi connectivity index (χ4v) is 4.46. The molecule has 0 atom stereocenters. The Kier molecular flexibility index (Phi) is 5.95. The molecule has 0 aromatic carbocycles. The smallest absolute Gasteiger partial charge is 0.252 e. The van der Waals surface area contributed by atoms with Crippen LogP contribution in [0.3, 0.4) is 0 Å². The zero-order chi connectivity index (χ0) is 16.4. The topological polar surface area (TPSA) is 89.3 Å². The van der Waals surface area contributed by atoms with Crippen LogP contribution in [0, 0.1) is 24.7 Å². The van der Waals surface area contributed by atoms with Crippen molar-refractivity contribution < 1.29 is 13.2 Å². The Balaban J connectivity index is 2.84. The van der Waals surface area contributed by atoms with Gasteiger partial charge in [0.2, 0.25) is 10.0 Å². The van der Waals surface area contributed by atoms with Crippen LogP contribution in [0.1, 0.15) is 43.6 Å². The second-order valence-corrected chi connectivity index (χ2v) is 8.61. The van der Waals surface area contributed by atoms with E-state index in [9.17, 15) is 13.2 Å². The molecule has 0 spiro atoms. The van der Waals surface area contributed by atoms with Crippen molar-refractivity contribution in [3.8, 4) is 0 Å². The first-order chi connectivity index (χ1) is 9.55. The molecule has 0 unspecified atom stereocenters. The van der Waals surface area contributed by atoms with Gasteiger partial charge in [-0.1, -0.05) is 27.7 Å². The fraction of sp³-hybridized carbons (Fsp3) is 0.643. The van der Waals surface area contributed by atoms with E-state index in [-0.39, 0.29) is 10.1 Å². The van der Waals surface area contributed by atoms with Crippen molar-refractivity contribution in [1.82, 2.24) is 5.32 Å². The SMILES string of the molecule is Cc1c(C(=O)NCC(C(C)C)C(C)C)csc1S(N)(=O)=O. The van der Waals surface area contributed by atoms with E-state index in [1.807, 2.05) is 0 Å². The highest BCUT2D eigenvalue weighted by Gasteiger charge is 2.23. The summed E-state index contributed by atoms with van der Waals surface area (Å²) < 4.78 is 22.8. The van der Waals surface area contributed by atoms with Crippen molar-refractivity contribution in [2.24, 2.45) is 22.9 Å². The maximum Gasteiger partial charge on any atom is 0.252 e. The minimum atomic E-state index is -3.77. The highest BCUT2D eigenvalue weighted by molar-refractivity contribution is 7.91. The van der Waals surface area contributed by atoms with Gasteiger partial charge in [-0.2, -0.15) is 0 Å². The molecule has 0 aliphatic rings. The Bertz CT molecular complexity index is 596. The third kappa shape index (κ3) is 4.52. The summed E-state index contributed by atoms with van der Waals surface area (Å²) in [6, 6.07) is 0. The maximum absolute atomic E-state index is 12.2. The third-order valence-electron chi connectivity index (χ3n) is 3.71. The van der Waals surface area contributed by atoms with E-state index in [2.05, 4.69) is 33.0 Å². The van der Waals surface area contributed by atoms with Gasteiger partial charge in [-0.3, -0.25) is 4.79 Å². The molecule has 120 valence electrons. The molecule has 0 saturated carbocycles. The van der Waals surface area contributed by atoms with Crippen LogP contribution in [0.5, 0.6) is 0 Å². The Morgan fingerprint density at radius 3 is 2.19 bits per heavy atom. The zero-order valence-corrected chi connectivity index (χ0v) is 14.8. The molecule has 0 fully saturated rings. The number of primary sulfonamides is 1. The Hall–Kier alpha value is -0.920. The third-order valence-corrected chi connectivity index (χ3v) is 6.39. The highest BCUT2D eigenvalue weighted by atomic mass is 32.2. The molecular formula is C14H24N2O3S2. The molecule has 5 nitrogen and oxygen atoms in total. The normalized spacial score (nSPS) is 12.4. The van der Waals surface area contributed by atoms with Gasteiger partial charge in [0.1, 0.15) is 4.21 Å². The van der Waals surface area contributed by atoms with Gasteiger partial charge in [0.15, 0.2) is 0 Å². The van der Waals surface area contributed by atoms with Crippen LogP contribution in [0.15, 0.2) is 9.59 Å². The molecular weight excluding hydrogens is 308 g/mol. The van der Waals surface area contributed by atoms with Gasteiger partial charge < -0.3 is 5.32 Å². The first-order valence-corrected chi connectivity index (χ1v) is 9.37. The monoisotopic (exact) mass is 332 g/mol. The van der Waals surface area contributed by atoms with Gasteiger partial charge in [0.25, 0.3) is 5.91 Å². The van der Waals surface area contributed by atoms with E-state index in [1.165, 1.54) is 0 Å². The number of amides is 1. The summed E-state index contributed by atoms with van der Waals surface area (Å²) >= 11 is 0.984. The summed E-state index contributed by atoms with van der Waals surface area (Å²) in [5.74, 6) is 1.07. The lowest BCUT2D eigenvalue weighted by Crippen LogP contribution is -2.34. The average molecular weight is 332 g/mol. The number of rotatable bonds is 6. The molecule has 7 heteroatoms. The summed E-state index contributed by atoms with van der Waals surface area (Å²) in [5, 5.41) is 9.57. The van der Waals surface area contributed by atoms with Gasteiger partial charge in [0, 0.05) is 11.9 Å². The first-order valence-electron chi connectivity index (χ1n) is 6.94. The highest BCUT2D eigenvalue weighted by Crippen LogP contribution is 2.26. The van der Waals surface area contributed by atoms with Crippen LogP contribution < -0.4 is 10.5 Å². The van der Waals surface area contributed by atoms with Crippen molar-refractivity contribution in [2.45, 2.75) is 38.8 Å². The van der Waals surface area contributed by atoms with E-state index < -0.39 is 10.0 Å². The lowest BCUT2D eigenvalue weighted by atomic mass is 9.85. The number of sulfonamides is 1. The molecule has 21 heavy (non-hydrogen) atoms. The van der Waals surface area contributed by atoms with Crippen LogP contribution in [0.4, 0.5) is 0 Å². The molecule has 0 radical (unpaired) electrons. The Morgan fingerprint density at radius 1 is 1.29 bits per heavy atom. The molecule has 0 bridgehead atoms. The quantitative estimate of drug-likeness (QED) is 0.838. The summed E-state index contributed by atoms with van der Waals surface area (Å²) in [6.07, 6.45) is 0. The van der Waals surface area contributed by atoms with E-state index >= 15 is 0 Å². The van der Waals surface area contributed by atoms with Crippen molar-refractivity contribution in [3.63, 3.8) is 0 Å². The van der Waals surface area contributed by atoms with E-state index in [4.69, 9.17) is 5.14 Å². The number of carbonyl (C=O) groups is 1. The number of carbonyl (C=O) groups excluding carboxylic acids is 1. The molecule has 0 saturated heterocycles. The van der Waals surface area contributed by atoms with Crippen molar-refractivity contribution in [3.05, 3.63) is 16.5 Å². The maximum atomic E-state index is 12.2. The van der Waals surface area contributed by atoms with Crippen LogP contribution in [-0.2, 0) is 10.0 Å². The van der Waals surface area contributed by atoms with Crippen LogP contribution in [-0.4, -0.2) is 20.9 Å². The largest absolute Gasteiger partial charge is 0.352 e. The summed E-state index contributed by atoms with van der Waals surface area (Å²) in [5.41, 5.74) is 0.806. The number of hydrogen-bond acceptors (Lipinski definition) is 4. The predicted molar refractivity (Wildman–Crippen MR) is 85.9 cm³/mol. The molecule has 0 aliphatic heterocycles. The lowest BCUT2D eigenvalue weighted by molar-refractivity contribution is 0.0937. The minimum Gasteiger partial charge on any atom is -0.352 e. The number of thiophene rings is 1. The van der Waals surface area contributed by atoms with Gasteiger partial charge in [-0.05, 0) is 30.2 Å². The minimum absolute atomic E-state index is 0.0527. The second kappa shape index (κ2) is 6.89. The lowest BCUT2D eigenvalue weighted by Gasteiger charge is -2.25. The average Bonchev–Trinajstić information content (AvgIpc) is 2.69. The Labute approximate surface area is 131 Å². The number of nitrogens with two attached hydrogens (primary N) is 1. The van der Waals surface area contributed by atoms with E-state index in [1.54, 1.807) is 12.3 Å². The molecule has 0 aliphatic carbocycles. The molecule has 3 N–H and O–H groups in total. The first kappa shape index (κ1) is 18.1. The molecule has 1 aromatic rings. The van der Waals surface area contributed by atoms with Crippen LogP contribution in [0.2, 0.25) is 0 Å². The molecule has 1 rings (SSSR count). The van der Waals surface area contributed by atoms with E-state index in [0.29, 0.717) is 35.4 Å². The van der Waals surface area contributed by atoms with Crippen LogP contribution in [0.25, 0.3) is 0 Å². The Morgan fingerprint density at radius 2 is 1.81 bits per heavy atom. The van der Waals surface area contributed by atoms with Crippen molar-refractivity contribution in [1.29, 1.82) is 0 Å². The fourth-order valence-electron chi connectivity index (χ4n) is 2.45. The summed E-state index contributed by atoms with van der Waals surface area (Å²) in [4.78, 5) is 12.2.